The Hall–Kier alpha value is -1.10. The van der Waals surface area contributed by atoms with E-state index in [2.05, 4.69) is 10.6 Å². The van der Waals surface area contributed by atoms with Crippen LogP contribution < -0.4 is 10.6 Å². The van der Waals surface area contributed by atoms with Crippen LogP contribution in [0.1, 0.15) is 39.0 Å². The lowest BCUT2D eigenvalue weighted by molar-refractivity contribution is -0.141. The Labute approximate surface area is 102 Å². The van der Waals surface area contributed by atoms with Crippen molar-refractivity contribution >= 4 is 11.9 Å². The molecule has 0 aromatic rings. The Morgan fingerprint density at radius 1 is 1.41 bits per heavy atom. The quantitative estimate of drug-likeness (QED) is 0.642. The van der Waals surface area contributed by atoms with E-state index in [0.29, 0.717) is 18.8 Å². The van der Waals surface area contributed by atoms with E-state index in [1.165, 1.54) is 0 Å². The van der Waals surface area contributed by atoms with E-state index in [9.17, 15) is 9.59 Å². The first-order valence-electron chi connectivity index (χ1n) is 6.36. The van der Waals surface area contributed by atoms with Crippen LogP contribution in [-0.4, -0.2) is 36.1 Å². The van der Waals surface area contributed by atoms with Crippen LogP contribution in [0.5, 0.6) is 0 Å². The molecule has 0 spiro atoms. The maximum absolute atomic E-state index is 11.6. The van der Waals surface area contributed by atoms with Crippen molar-refractivity contribution in [2.45, 2.75) is 45.1 Å². The molecule has 0 unspecified atom stereocenters. The summed E-state index contributed by atoms with van der Waals surface area (Å²) in [5, 5.41) is 14.6. The van der Waals surface area contributed by atoms with E-state index in [0.717, 1.165) is 32.4 Å². The number of aliphatic carboxylic acids is 1. The Morgan fingerprint density at radius 2 is 2.06 bits per heavy atom. The van der Waals surface area contributed by atoms with Crippen LogP contribution in [-0.2, 0) is 9.59 Å². The number of piperidine rings is 1. The highest BCUT2D eigenvalue weighted by molar-refractivity contribution is 5.83. The normalized spacial score (nSPS) is 18.6. The molecular formula is C12H22N2O3. The van der Waals surface area contributed by atoms with Crippen molar-refractivity contribution in [3.8, 4) is 0 Å². The summed E-state index contributed by atoms with van der Waals surface area (Å²) in [6, 6.07) is -0.740. The number of nitrogens with one attached hydrogen (secondary N) is 2. The SMILES string of the molecule is CC[C@H](NC(=O)CCC1CCNCC1)C(=O)O. The van der Waals surface area contributed by atoms with Crippen LogP contribution in [0.2, 0.25) is 0 Å². The second-order valence-corrected chi connectivity index (χ2v) is 4.60. The number of carbonyl (C=O) groups is 2. The van der Waals surface area contributed by atoms with Crippen LogP contribution in [0.4, 0.5) is 0 Å². The van der Waals surface area contributed by atoms with Crippen molar-refractivity contribution in [1.82, 2.24) is 10.6 Å². The lowest BCUT2D eigenvalue weighted by atomic mass is 9.93. The van der Waals surface area contributed by atoms with Gasteiger partial charge in [0.25, 0.3) is 0 Å². The lowest BCUT2D eigenvalue weighted by Crippen LogP contribution is -2.40. The second kappa shape index (κ2) is 7.27. The molecule has 17 heavy (non-hydrogen) atoms. The monoisotopic (exact) mass is 242 g/mol. The molecular weight excluding hydrogens is 220 g/mol. The van der Waals surface area contributed by atoms with Crippen molar-refractivity contribution in [2.24, 2.45) is 5.92 Å². The summed E-state index contributed by atoms with van der Waals surface area (Å²) >= 11 is 0. The van der Waals surface area contributed by atoms with Gasteiger partial charge in [-0.1, -0.05) is 6.92 Å². The number of carboxylic acid groups (broad SMARTS) is 1. The molecule has 1 fully saturated rings. The zero-order valence-electron chi connectivity index (χ0n) is 10.4. The smallest absolute Gasteiger partial charge is 0.326 e. The van der Waals surface area contributed by atoms with Crippen molar-refractivity contribution in [3.63, 3.8) is 0 Å². The van der Waals surface area contributed by atoms with Gasteiger partial charge in [0.15, 0.2) is 0 Å². The van der Waals surface area contributed by atoms with E-state index < -0.39 is 12.0 Å². The van der Waals surface area contributed by atoms with Crippen LogP contribution in [0.3, 0.4) is 0 Å². The Morgan fingerprint density at radius 3 is 2.59 bits per heavy atom. The van der Waals surface area contributed by atoms with Gasteiger partial charge in [0.2, 0.25) is 5.91 Å². The summed E-state index contributed by atoms with van der Waals surface area (Å²) < 4.78 is 0. The Kier molecular flexibility index (Phi) is 5.97. The average Bonchev–Trinajstić information content (AvgIpc) is 2.34. The van der Waals surface area contributed by atoms with E-state index in [4.69, 9.17) is 5.11 Å². The molecule has 0 bridgehead atoms. The fraction of sp³-hybridized carbons (Fsp3) is 0.833. The van der Waals surface area contributed by atoms with Gasteiger partial charge in [-0.25, -0.2) is 4.79 Å². The number of carbonyl (C=O) groups excluding carboxylic acids is 1. The van der Waals surface area contributed by atoms with Crippen LogP contribution >= 0.6 is 0 Å². The third kappa shape index (κ3) is 5.17. The van der Waals surface area contributed by atoms with Gasteiger partial charge in [-0.2, -0.15) is 0 Å². The van der Waals surface area contributed by atoms with Gasteiger partial charge >= 0.3 is 5.97 Å². The zero-order valence-corrected chi connectivity index (χ0v) is 10.4. The topological polar surface area (TPSA) is 78.4 Å². The van der Waals surface area contributed by atoms with Gasteiger partial charge in [0.1, 0.15) is 6.04 Å². The minimum absolute atomic E-state index is 0.141. The highest BCUT2D eigenvalue weighted by Gasteiger charge is 2.19. The number of rotatable bonds is 6. The van der Waals surface area contributed by atoms with Gasteiger partial charge in [-0.15, -0.1) is 0 Å². The molecule has 1 atom stereocenters. The van der Waals surface area contributed by atoms with Crippen LogP contribution in [0.25, 0.3) is 0 Å². The van der Waals surface area contributed by atoms with Gasteiger partial charge in [-0.05, 0) is 44.7 Å². The molecule has 0 saturated carbocycles. The molecule has 5 heteroatoms. The summed E-state index contributed by atoms with van der Waals surface area (Å²) in [5.74, 6) is -0.493. The molecule has 1 aliphatic rings. The summed E-state index contributed by atoms with van der Waals surface area (Å²) in [6.07, 6.45) is 3.96. The molecule has 0 aromatic carbocycles. The van der Waals surface area contributed by atoms with Crippen LogP contribution in [0.15, 0.2) is 0 Å². The van der Waals surface area contributed by atoms with Crippen molar-refractivity contribution in [2.75, 3.05) is 13.1 Å². The first kappa shape index (κ1) is 14.0. The summed E-state index contributed by atoms with van der Waals surface area (Å²) in [5.41, 5.74) is 0. The summed E-state index contributed by atoms with van der Waals surface area (Å²) in [4.78, 5) is 22.3. The van der Waals surface area contributed by atoms with Gasteiger partial charge in [0, 0.05) is 6.42 Å². The average molecular weight is 242 g/mol. The first-order valence-corrected chi connectivity index (χ1v) is 6.36. The first-order chi connectivity index (χ1) is 8.13. The molecule has 0 aromatic heterocycles. The fourth-order valence-corrected chi connectivity index (χ4v) is 2.11. The van der Waals surface area contributed by atoms with Gasteiger partial charge in [-0.3, -0.25) is 4.79 Å². The molecule has 0 aliphatic carbocycles. The van der Waals surface area contributed by atoms with E-state index >= 15 is 0 Å². The minimum Gasteiger partial charge on any atom is -0.480 e. The zero-order chi connectivity index (χ0) is 12.7. The Balaban J connectivity index is 2.21. The number of hydrogen-bond acceptors (Lipinski definition) is 3. The molecule has 1 saturated heterocycles. The number of amides is 1. The molecule has 0 radical (unpaired) electrons. The summed E-state index contributed by atoms with van der Waals surface area (Å²) in [6.45, 7) is 3.81. The Bertz CT molecular complexity index is 262. The molecule has 3 N–H and O–H groups in total. The largest absolute Gasteiger partial charge is 0.480 e. The molecule has 1 heterocycles. The number of hydrogen-bond donors (Lipinski definition) is 3. The van der Waals surface area contributed by atoms with Crippen molar-refractivity contribution < 1.29 is 14.7 Å². The molecule has 1 rings (SSSR count). The fourth-order valence-electron chi connectivity index (χ4n) is 2.11. The molecule has 1 aliphatic heterocycles. The van der Waals surface area contributed by atoms with Gasteiger partial charge in [0.05, 0.1) is 0 Å². The van der Waals surface area contributed by atoms with E-state index in [1.807, 2.05) is 0 Å². The maximum atomic E-state index is 11.6. The minimum atomic E-state index is -0.956. The second-order valence-electron chi connectivity index (χ2n) is 4.60. The van der Waals surface area contributed by atoms with E-state index in [1.54, 1.807) is 6.92 Å². The van der Waals surface area contributed by atoms with Crippen LogP contribution in [0, 0.1) is 5.92 Å². The highest BCUT2D eigenvalue weighted by Crippen LogP contribution is 2.17. The predicted octanol–water partition coefficient (Wildman–Crippen LogP) is 0.746. The molecule has 5 nitrogen and oxygen atoms in total. The van der Waals surface area contributed by atoms with Gasteiger partial charge < -0.3 is 15.7 Å². The molecule has 98 valence electrons. The van der Waals surface area contributed by atoms with E-state index in [-0.39, 0.29) is 5.91 Å². The van der Waals surface area contributed by atoms with Crippen molar-refractivity contribution in [3.05, 3.63) is 0 Å². The standard InChI is InChI=1S/C12H22N2O3/c1-2-10(12(16)17)14-11(15)4-3-9-5-7-13-8-6-9/h9-10,13H,2-8H2,1H3,(H,14,15)(H,16,17)/t10-/m0/s1. The third-order valence-corrected chi connectivity index (χ3v) is 3.28. The maximum Gasteiger partial charge on any atom is 0.326 e. The van der Waals surface area contributed by atoms with Crippen molar-refractivity contribution in [1.29, 1.82) is 0 Å². The third-order valence-electron chi connectivity index (χ3n) is 3.28. The highest BCUT2D eigenvalue weighted by atomic mass is 16.4. The predicted molar refractivity (Wildman–Crippen MR) is 64.7 cm³/mol. The summed E-state index contributed by atoms with van der Waals surface area (Å²) in [7, 11) is 0. The number of carboxylic acids is 1. The lowest BCUT2D eigenvalue weighted by Gasteiger charge is -2.22. The molecule has 1 amide bonds.